The molecule has 0 unspecified atom stereocenters. The predicted molar refractivity (Wildman–Crippen MR) is 46.6 cm³/mol. The number of hydrogen-bond donors (Lipinski definition) is 2. The summed E-state index contributed by atoms with van der Waals surface area (Å²) in [7, 11) is -2.01. The number of ether oxygens (including phenoxy) is 1. The zero-order chi connectivity index (χ0) is 12.2. The van der Waals surface area contributed by atoms with E-state index in [0.29, 0.717) is 0 Å². The van der Waals surface area contributed by atoms with Gasteiger partial charge in [0, 0.05) is 6.07 Å². The molecule has 5 nitrogen and oxygen atoms in total. The first-order valence-electron chi connectivity index (χ1n) is 4.05. The number of rotatable bonds is 4. The van der Waals surface area contributed by atoms with Crippen molar-refractivity contribution in [1.82, 2.24) is 4.98 Å². The topological polar surface area (TPSA) is 71.8 Å². The van der Waals surface area contributed by atoms with Crippen molar-refractivity contribution in [3.8, 4) is 11.6 Å². The van der Waals surface area contributed by atoms with Crippen LogP contribution in [0.4, 0.5) is 13.2 Å². The molecule has 0 radical (unpaired) electrons. The van der Waals surface area contributed by atoms with Gasteiger partial charge in [0.1, 0.15) is 5.75 Å². The van der Waals surface area contributed by atoms with Crippen molar-refractivity contribution >= 4 is 7.32 Å². The second kappa shape index (κ2) is 5.04. The fourth-order valence-electron chi connectivity index (χ4n) is 0.799. The van der Waals surface area contributed by atoms with Gasteiger partial charge in [0.15, 0.2) is 6.61 Å². The van der Waals surface area contributed by atoms with Crippen LogP contribution in [-0.4, -0.2) is 35.1 Å². The lowest BCUT2D eigenvalue weighted by Gasteiger charge is -2.08. The summed E-state index contributed by atoms with van der Waals surface area (Å²) in [6, 6.07) is 2.31. The van der Waals surface area contributed by atoms with Gasteiger partial charge in [0.2, 0.25) is 5.88 Å². The van der Waals surface area contributed by atoms with Gasteiger partial charge in [-0.25, -0.2) is 4.98 Å². The average Bonchev–Trinajstić information content (AvgIpc) is 2.14. The number of pyridine rings is 1. The molecule has 0 fully saturated rings. The minimum absolute atomic E-state index is 0.00522. The van der Waals surface area contributed by atoms with Crippen LogP contribution < -0.4 is 9.39 Å². The molecule has 0 aliphatic heterocycles. The molecule has 16 heavy (non-hydrogen) atoms. The molecule has 0 saturated carbocycles. The molecule has 1 aromatic rings. The fourth-order valence-corrected chi connectivity index (χ4v) is 0.799. The minimum atomic E-state index is -4.43. The molecule has 1 aromatic heterocycles. The number of nitrogens with zero attached hydrogens (tertiary/aromatic N) is 1. The smallest absolute Gasteiger partial charge is 0.511 e. The summed E-state index contributed by atoms with van der Waals surface area (Å²) in [5.74, 6) is -0.244. The monoisotopic (exact) mass is 237 g/mol. The molecule has 0 bridgehead atoms. The van der Waals surface area contributed by atoms with E-state index in [0.717, 1.165) is 12.3 Å². The summed E-state index contributed by atoms with van der Waals surface area (Å²) in [4.78, 5) is 3.47. The number of alkyl halides is 3. The third-order valence-corrected chi connectivity index (χ3v) is 1.33. The van der Waals surface area contributed by atoms with Crippen molar-refractivity contribution in [1.29, 1.82) is 0 Å². The Morgan fingerprint density at radius 3 is 2.44 bits per heavy atom. The van der Waals surface area contributed by atoms with Crippen LogP contribution in [0.25, 0.3) is 0 Å². The summed E-state index contributed by atoms with van der Waals surface area (Å²) in [6.07, 6.45) is -3.43. The lowest BCUT2D eigenvalue weighted by molar-refractivity contribution is -0.154. The molecule has 0 atom stereocenters. The highest BCUT2D eigenvalue weighted by Crippen LogP contribution is 2.18. The molecular weight excluding hydrogens is 230 g/mol. The highest BCUT2D eigenvalue weighted by molar-refractivity contribution is 6.33. The van der Waals surface area contributed by atoms with Crippen molar-refractivity contribution in [2.45, 2.75) is 6.18 Å². The van der Waals surface area contributed by atoms with Gasteiger partial charge < -0.3 is 19.4 Å². The van der Waals surface area contributed by atoms with Crippen molar-refractivity contribution < 1.29 is 32.6 Å². The normalized spacial score (nSPS) is 11.1. The number of aromatic nitrogens is 1. The fraction of sp³-hybridized carbons (Fsp3) is 0.286. The number of hydrogen-bond acceptors (Lipinski definition) is 5. The highest BCUT2D eigenvalue weighted by Gasteiger charge is 2.28. The second-order valence-electron chi connectivity index (χ2n) is 2.68. The van der Waals surface area contributed by atoms with E-state index in [9.17, 15) is 13.2 Å². The standard InChI is InChI=1S/C7H7BF3NO4/c9-7(10,11)4-15-6-2-1-5(3-12-6)16-8(13)14/h1-3,13-14H,4H2. The van der Waals surface area contributed by atoms with Gasteiger partial charge in [-0.1, -0.05) is 0 Å². The maximum absolute atomic E-state index is 11.7. The molecule has 0 aliphatic rings. The van der Waals surface area contributed by atoms with Crippen LogP contribution in [0.1, 0.15) is 0 Å². The molecule has 0 spiro atoms. The molecular formula is C7H7BF3NO4. The summed E-state index contributed by atoms with van der Waals surface area (Å²) in [5.41, 5.74) is 0. The Morgan fingerprint density at radius 2 is 2.00 bits per heavy atom. The van der Waals surface area contributed by atoms with Gasteiger partial charge >= 0.3 is 13.5 Å². The van der Waals surface area contributed by atoms with E-state index < -0.39 is 20.1 Å². The van der Waals surface area contributed by atoms with E-state index in [2.05, 4.69) is 14.4 Å². The largest absolute Gasteiger partial charge is 0.707 e. The van der Waals surface area contributed by atoms with Crippen LogP contribution in [0.15, 0.2) is 18.3 Å². The van der Waals surface area contributed by atoms with Crippen molar-refractivity contribution in [2.75, 3.05) is 6.61 Å². The van der Waals surface area contributed by atoms with Crippen LogP contribution in [0, 0.1) is 0 Å². The maximum Gasteiger partial charge on any atom is 0.707 e. The maximum atomic E-state index is 11.7. The SMILES string of the molecule is OB(O)Oc1ccc(OCC(F)(F)F)nc1. The van der Waals surface area contributed by atoms with E-state index in [1.165, 1.54) is 6.07 Å². The lowest BCUT2D eigenvalue weighted by Crippen LogP contribution is -2.21. The first-order chi connectivity index (χ1) is 7.37. The summed E-state index contributed by atoms with van der Waals surface area (Å²) in [5, 5.41) is 16.8. The second-order valence-corrected chi connectivity index (χ2v) is 2.68. The molecule has 0 amide bonds. The Balaban J connectivity index is 2.51. The molecule has 1 rings (SSSR count). The lowest BCUT2D eigenvalue weighted by atomic mass is 10.2. The zero-order valence-electron chi connectivity index (χ0n) is 7.81. The van der Waals surface area contributed by atoms with Crippen LogP contribution in [0.2, 0.25) is 0 Å². The van der Waals surface area contributed by atoms with Gasteiger partial charge in [-0.05, 0) is 6.07 Å². The summed E-state index contributed by atoms with van der Waals surface area (Å²) < 4.78 is 43.9. The van der Waals surface area contributed by atoms with Crippen LogP contribution in [0.5, 0.6) is 11.6 Å². The average molecular weight is 237 g/mol. The quantitative estimate of drug-likeness (QED) is 0.740. The third kappa shape index (κ3) is 4.85. The highest BCUT2D eigenvalue weighted by atomic mass is 19.4. The van der Waals surface area contributed by atoms with Crippen molar-refractivity contribution in [2.24, 2.45) is 0 Å². The van der Waals surface area contributed by atoms with Gasteiger partial charge in [-0.2, -0.15) is 13.2 Å². The van der Waals surface area contributed by atoms with E-state index in [-0.39, 0.29) is 11.6 Å². The van der Waals surface area contributed by atoms with Gasteiger partial charge in [-0.15, -0.1) is 0 Å². The Labute approximate surface area is 88.6 Å². The molecule has 0 saturated heterocycles. The Bertz CT molecular complexity index is 329. The Kier molecular flexibility index (Phi) is 3.96. The summed E-state index contributed by atoms with van der Waals surface area (Å²) >= 11 is 0. The van der Waals surface area contributed by atoms with E-state index in [4.69, 9.17) is 10.0 Å². The molecule has 2 N–H and O–H groups in total. The molecule has 0 aliphatic carbocycles. The van der Waals surface area contributed by atoms with E-state index in [1.54, 1.807) is 0 Å². The summed E-state index contributed by atoms with van der Waals surface area (Å²) in [6.45, 7) is -1.44. The van der Waals surface area contributed by atoms with Gasteiger partial charge in [0.05, 0.1) is 6.20 Å². The van der Waals surface area contributed by atoms with Crippen molar-refractivity contribution in [3.63, 3.8) is 0 Å². The van der Waals surface area contributed by atoms with Crippen LogP contribution in [0.3, 0.4) is 0 Å². The third-order valence-electron chi connectivity index (χ3n) is 1.33. The zero-order valence-corrected chi connectivity index (χ0v) is 7.81. The minimum Gasteiger partial charge on any atom is -0.511 e. The first kappa shape index (κ1) is 12.6. The van der Waals surface area contributed by atoms with Gasteiger partial charge in [0.25, 0.3) is 0 Å². The van der Waals surface area contributed by atoms with Crippen LogP contribution >= 0.6 is 0 Å². The van der Waals surface area contributed by atoms with Crippen LogP contribution in [-0.2, 0) is 0 Å². The van der Waals surface area contributed by atoms with E-state index >= 15 is 0 Å². The number of halogens is 3. The first-order valence-corrected chi connectivity index (χ1v) is 4.05. The van der Waals surface area contributed by atoms with Crippen molar-refractivity contribution in [3.05, 3.63) is 18.3 Å². The van der Waals surface area contributed by atoms with Gasteiger partial charge in [-0.3, -0.25) is 0 Å². The Hall–Kier alpha value is -1.48. The Morgan fingerprint density at radius 1 is 1.31 bits per heavy atom. The molecule has 1 heterocycles. The molecule has 88 valence electrons. The van der Waals surface area contributed by atoms with E-state index in [1.807, 2.05) is 0 Å². The predicted octanol–water partition coefficient (Wildman–Crippen LogP) is 0.371. The molecule has 9 heteroatoms. The molecule has 0 aromatic carbocycles.